The van der Waals surface area contributed by atoms with Gasteiger partial charge in [-0.1, -0.05) is 12.8 Å². The SMILES string of the molecule is Cc1cc(NC(=O)C2(C(N)=O)CCCC2)ccc1N1CCCCC1=N. The van der Waals surface area contributed by atoms with E-state index in [1.807, 2.05) is 30.0 Å². The van der Waals surface area contributed by atoms with E-state index in [2.05, 4.69) is 5.32 Å². The standard InChI is InChI=1S/C19H26N4O2/c1-13-12-14(7-8-15(13)23-11-5-2-6-16(23)20)22-18(25)19(17(21)24)9-3-4-10-19/h7-8,12,20H,2-6,9-11H2,1H3,(H2,21,24)(H,22,25). The lowest BCUT2D eigenvalue weighted by atomic mass is 9.84. The Kier molecular flexibility index (Phi) is 4.79. The first kappa shape index (κ1) is 17.5. The number of benzene rings is 1. The summed E-state index contributed by atoms with van der Waals surface area (Å²) in [4.78, 5) is 26.6. The molecule has 1 aliphatic heterocycles. The van der Waals surface area contributed by atoms with Crippen LogP contribution in [0.3, 0.4) is 0 Å². The van der Waals surface area contributed by atoms with Crippen molar-refractivity contribution < 1.29 is 9.59 Å². The van der Waals surface area contributed by atoms with Crippen molar-refractivity contribution >= 4 is 29.0 Å². The number of hydrogen-bond acceptors (Lipinski definition) is 3. The molecule has 0 atom stereocenters. The van der Waals surface area contributed by atoms with E-state index in [9.17, 15) is 9.59 Å². The van der Waals surface area contributed by atoms with Crippen molar-refractivity contribution in [3.05, 3.63) is 23.8 Å². The zero-order chi connectivity index (χ0) is 18.0. The Morgan fingerprint density at radius 1 is 1.20 bits per heavy atom. The van der Waals surface area contributed by atoms with E-state index in [0.29, 0.717) is 24.4 Å². The van der Waals surface area contributed by atoms with E-state index in [-0.39, 0.29) is 5.91 Å². The van der Waals surface area contributed by atoms with Crippen LogP contribution in [0.2, 0.25) is 0 Å². The smallest absolute Gasteiger partial charge is 0.240 e. The second-order valence-electron chi connectivity index (χ2n) is 7.16. The molecule has 0 bridgehead atoms. The molecule has 0 spiro atoms. The predicted molar refractivity (Wildman–Crippen MR) is 98.8 cm³/mol. The van der Waals surface area contributed by atoms with Gasteiger partial charge in [-0.15, -0.1) is 0 Å². The maximum atomic E-state index is 12.7. The van der Waals surface area contributed by atoms with Gasteiger partial charge in [0.15, 0.2) is 0 Å². The Balaban J connectivity index is 1.78. The Bertz CT molecular complexity index is 707. The molecule has 1 saturated heterocycles. The van der Waals surface area contributed by atoms with Crippen molar-refractivity contribution in [2.45, 2.75) is 51.9 Å². The van der Waals surface area contributed by atoms with Crippen LogP contribution < -0.4 is 16.0 Å². The van der Waals surface area contributed by atoms with Crippen LogP contribution in [0, 0.1) is 17.7 Å². The summed E-state index contributed by atoms with van der Waals surface area (Å²) in [7, 11) is 0. The fourth-order valence-electron chi connectivity index (χ4n) is 3.95. The molecule has 1 aliphatic carbocycles. The van der Waals surface area contributed by atoms with Crippen molar-refractivity contribution in [1.29, 1.82) is 5.41 Å². The molecule has 0 radical (unpaired) electrons. The van der Waals surface area contributed by atoms with Crippen LogP contribution in [-0.4, -0.2) is 24.2 Å². The first-order valence-electron chi connectivity index (χ1n) is 9.01. The van der Waals surface area contributed by atoms with Crippen molar-refractivity contribution in [2.24, 2.45) is 11.1 Å². The Labute approximate surface area is 148 Å². The number of nitrogens with two attached hydrogens (primary N) is 1. The molecule has 2 amide bonds. The molecule has 3 rings (SSSR count). The minimum atomic E-state index is -1.07. The summed E-state index contributed by atoms with van der Waals surface area (Å²) in [5.74, 6) is -0.183. The summed E-state index contributed by atoms with van der Waals surface area (Å²) in [5, 5.41) is 11.0. The number of amidine groups is 1. The molecule has 1 saturated carbocycles. The average Bonchev–Trinajstić information content (AvgIpc) is 3.07. The van der Waals surface area contributed by atoms with Crippen molar-refractivity contribution in [3.8, 4) is 0 Å². The molecule has 6 nitrogen and oxygen atoms in total. The Morgan fingerprint density at radius 3 is 2.52 bits per heavy atom. The Morgan fingerprint density at radius 2 is 1.92 bits per heavy atom. The quantitative estimate of drug-likeness (QED) is 0.734. The molecule has 2 fully saturated rings. The number of amides is 2. The molecule has 1 aromatic carbocycles. The van der Waals surface area contributed by atoms with Gasteiger partial charge in [-0.3, -0.25) is 15.0 Å². The van der Waals surface area contributed by atoms with E-state index in [1.165, 1.54) is 0 Å². The van der Waals surface area contributed by atoms with Gasteiger partial charge in [-0.05, 0) is 56.4 Å². The van der Waals surface area contributed by atoms with Crippen LogP contribution in [0.4, 0.5) is 11.4 Å². The van der Waals surface area contributed by atoms with Crippen LogP contribution in [-0.2, 0) is 9.59 Å². The van der Waals surface area contributed by atoms with Gasteiger partial charge in [-0.25, -0.2) is 0 Å². The number of carbonyl (C=O) groups is 2. The van der Waals surface area contributed by atoms with E-state index >= 15 is 0 Å². The Hall–Kier alpha value is -2.37. The molecule has 0 aromatic heterocycles. The molecule has 1 aromatic rings. The number of hydrogen-bond donors (Lipinski definition) is 3. The highest BCUT2D eigenvalue weighted by molar-refractivity contribution is 6.10. The first-order valence-corrected chi connectivity index (χ1v) is 9.01. The molecule has 6 heteroatoms. The monoisotopic (exact) mass is 342 g/mol. The van der Waals surface area contributed by atoms with Gasteiger partial charge in [0.25, 0.3) is 0 Å². The number of carbonyl (C=O) groups excluding carboxylic acids is 2. The average molecular weight is 342 g/mol. The lowest BCUT2D eigenvalue weighted by Crippen LogP contribution is -2.45. The maximum Gasteiger partial charge on any atom is 0.240 e. The minimum absolute atomic E-state index is 0.296. The highest BCUT2D eigenvalue weighted by Crippen LogP contribution is 2.39. The zero-order valence-corrected chi connectivity index (χ0v) is 14.7. The van der Waals surface area contributed by atoms with Crippen LogP contribution in [0.5, 0.6) is 0 Å². The molecule has 0 unspecified atom stereocenters. The van der Waals surface area contributed by atoms with Crippen LogP contribution in [0.25, 0.3) is 0 Å². The van der Waals surface area contributed by atoms with Crippen molar-refractivity contribution in [1.82, 2.24) is 0 Å². The maximum absolute atomic E-state index is 12.7. The van der Waals surface area contributed by atoms with Crippen LogP contribution in [0.15, 0.2) is 18.2 Å². The van der Waals surface area contributed by atoms with Crippen LogP contribution >= 0.6 is 0 Å². The topological polar surface area (TPSA) is 99.3 Å². The second kappa shape index (κ2) is 6.86. The van der Waals surface area contributed by atoms with E-state index < -0.39 is 11.3 Å². The number of aryl methyl sites for hydroxylation is 1. The van der Waals surface area contributed by atoms with Gasteiger partial charge < -0.3 is 16.0 Å². The van der Waals surface area contributed by atoms with E-state index in [1.54, 1.807) is 0 Å². The molecular weight excluding hydrogens is 316 g/mol. The number of nitrogens with zero attached hydrogens (tertiary/aromatic N) is 1. The third-order valence-electron chi connectivity index (χ3n) is 5.48. The van der Waals surface area contributed by atoms with Gasteiger partial charge >= 0.3 is 0 Å². The zero-order valence-electron chi connectivity index (χ0n) is 14.7. The number of rotatable bonds is 4. The number of piperidine rings is 1. The lowest BCUT2D eigenvalue weighted by Gasteiger charge is -2.31. The van der Waals surface area contributed by atoms with E-state index in [0.717, 1.165) is 49.9 Å². The third-order valence-corrected chi connectivity index (χ3v) is 5.48. The highest BCUT2D eigenvalue weighted by atomic mass is 16.2. The number of primary amides is 1. The van der Waals surface area contributed by atoms with Gasteiger partial charge in [-0.2, -0.15) is 0 Å². The highest BCUT2D eigenvalue weighted by Gasteiger charge is 2.46. The fraction of sp³-hybridized carbons (Fsp3) is 0.526. The summed E-state index contributed by atoms with van der Waals surface area (Å²) >= 11 is 0. The summed E-state index contributed by atoms with van der Waals surface area (Å²) in [6.45, 7) is 2.84. The second-order valence-corrected chi connectivity index (χ2v) is 7.16. The van der Waals surface area contributed by atoms with Crippen molar-refractivity contribution in [2.75, 3.05) is 16.8 Å². The molecule has 25 heavy (non-hydrogen) atoms. The van der Waals surface area contributed by atoms with Crippen molar-refractivity contribution in [3.63, 3.8) is 0 Å². The van der Waals surface area contributed by atoms with E-state index in [4.69, 9.17) is 11.1 Å². The third kappa shape index (κ3) is 3.25. The molecule has 2 aliphatic rings. The van der Waals surface area contributed by atoms with Crippen LogP contribution in [0.1, 0.15) is 50.5 Å². The number of nitrogens with one attached hydrogen (secondary N) is 2. The summed E-state index contributed by atoms with van der Waals surface area (Å²) < 4.78 is 0. The largest absolute Gasteiger partial charge is 0.369 e. The summed E-state index contributed by atoms with van der Waals surface area (Å²) in [6, 6.07) is 5.68. The predicted octanol–water partition coefficient (Wildman–Crippen LogP) is 2.95. The fourth-order valence-corrected chi connectivity index (χ4v) is 3.95. The number of anilines is 2. The molecule has 4 N–H and O–H groups in total. The molecule has 134 valence electrons. The first-order chi connectivity index (χ1) is 11.9. The van der Waals surface area contributed by atoms with Gasteiger partial charge in [0.1, 0.15) is 11.3 Å². The van der Waals surface area contributed by atoms with Gasteiger partial charge in [0.2, 0.25) is 11.8 Å². The summed E-state index contributed by atoms with van der Waals surface area (Å²) in [6.07, 6.45) is 5.71. The molecular formula is C19H26N4O2. The van der Waals surface area contributed by atoms with Gasteiger partial charge in [0.05, 0.1) is 0 Å². The summed E-state index contributed by atoms with van der Waals surface area (Å²) in [5.41, 5.74) is 7.14. The van der Waals surface area contributed by atoms with Gasteiger partial charge in [0, 0.05) is 24.3 Å². The normalized spacial score (nSPS) is 19.7. The lowest BCUT2D eigenvalue weighted by molar-refractivity contribution is -0.138. The molecule has 1 heterocycles. The minimum Gasteiger partial charge on any atom is -0.369 e.